The molecule has 0 saturated carbocycles. The van der Waals surface area contributed by atoms with Crippen molar-refractivity contribution in [2.45, 2.75) is 26.8 Å². The number of pyridine rings is 1. The maximum absolute atomic E-state index is 5.49. The van der Waals surface area contributed by atoms with Crippen molar-refractivity contribution in [1.29, 1.82) is 0 Å². The fourth-order valence-corrected chi connectivity index (χ4v) is 2.21. The lowest BCUT2D eigenvalue weighted by molar-refractivity contribution is 0.340. The van der Waals surface area contributed by atoms with E-state index in [-0.39, 0.29) is 6.04 Å². The number of rotatable bonds is 6. The van der Waals surface area contributed by atoms with E-state index in [9.17, 15) is 0 Å². The Morgan fingerprint density at radius 2 is 1.75 bits per heavy atom. The molecule has 0 saturated heterocycles. The first-order valence-electron chi connectivity index (χ1n) is 7.13. The molecule has 0 aliphatic rings. The first-order valence-corrected chi connectivity index (χ1v) is 7.13. The molecule has 106 valence electrons. The predicted molar refractivity (Wildman–Crippen MR) is 82.1 cm³/mol. The predicted octanol–water partition coefficient (Wildman–Crippen LogP) is 3.49. The van der Waals surface area contributed by atoms with Gasteiger partial charge in [-0.1, -0.05) is 25.1 Å². The Bertz CT molecular complexity index is 520. The van der Waals surface area contributed by atoms with Crippen molar-refractivity contribution in [3.8, 4) is 5.75 Å². The van der Waals surface area contributed by atoms with Crippen LogP contribution >= 0.6 is 0 Å². The van der Waals surface area contributed by atoms with Crippen molar-refractivity contribution in [2.75, 3.05) is 13.2 Å². The van der Waals surface area contributed by atoms with Gasteiger partial charge in [-0.15, -0.1) is 0 Å². The van der Waals surface area contributed by atoms with Crippen molar-refractivity contribution in [1.82, 2.24) is 10.3 Å². The van der Waals surface area contributed by atoms with Gasteiger partial charge in [0.25, 0.3) is 0 Å². The molecule has 20 heavy (non-hydrogen) atoms. The molecule has 2 rings (SSSR count). The number of hydrogen-bond acceptors (Lipinski definition) is 3. The van der Waals surface area contributed by atoms with Gasteiger partial charge in [0, 0.05) is 11.9 Å². The third-order valence-corrected chi connectivity index (χ3v) is 3.20. The third kappa shape index (κ3) is 3.58. The molecule has 0 spiro atoms. The van der Waals surface area contributed by atoms with E-state index in [2.05, 4.69) is 35.4 Å². The van der Waals surface area contributed by atoms with E-state index in [1.54, 1.807) is 0 Å². The van der Waals surface area contributed by atoms with E-state index >= 15 is 0 Å². The number of nitrogens with zero attached hydrogens (tertiary/aromatic N) is 1. The molecule has 1 unspecified atom stereocenters. The van der Waals surface area contributed by atoms with E-state index in [1.165, 1.54) is 11.1 Å². The summed E-state index contributed by atoms with van der Waals surface area (Å²) in [6.07, 6.45) is 1.94. The highest BCUT2D eigenvalue weighted by atomic mass is 16.5. The molecule has 0 bridgehead atoms. The Balaban J connectivity index is 2.25. The zero-order valence-electron chi connectivity index (χ0n) is 12.4. The van der Waals surface area contributed by atoms with Gasteiger partial charge in [0.1, 0.15) is 5.75 Å². The van der Waals surface area contributed by atoms with Crippen molar-refractivity contribution < 1.29 is 4.74 Å². The second-order valence-electron chi connectivity index (χ2n) is 4.73. The molecular formula is C17H22N2O. The van der Waals surface area contributed by atoms with E-state index in [4.69, 9.17) is 4.74 Å². The van der Waals surface area contributed by atoms with Crippen LogP contribution in [0.5, 0.6) is 5.75 Å². The standard InChI is InChI=1S/C17H22N2O/c1-4-18-17(15-7-6-13(3)19-12-15)14-8-10-16(11-9-14)20-5-2/h6-12,17-18H,4-5H2,1-3H3. The summed E-state index contributed by atoms with van der Waals surface area (Å²) in [5.74, 6) is 0.911. The van der Waals surface area contributed by atoms with E-state index < -0.39 is 0 Å². The van der Waals surface area contributed by atoms with Crippen LogP contribution in [0.1, 0.15) is 36.7 Å². The summed E-state index contributed by atoms with van der Waals surface area (Å²) in [7, 11) is 0. The summed E-state index contributed by atoms with van der Waals surface area (Å²) in [5.41, 5.74) is 3.44. The molecule has 0 fully saturated rings. The Morgan fingerprint density at radius 3 is 2.30 bits per heavy atom. The molecule has 1 aromatic carbocycles. The van der Waals surface area contributed by atoms with Crippen molar-refractivity contribution in [2.24, 2.45) is 0 Å². The largest absolute Gasteiger partial charge is 0.494 e. The molecular weight excluding hydrogens is 248 g/mol. The van der Waals surface area contributed by atoms with Gasteiger partial charge in [0.05, 0.1) is 12.6 Å². The average Bonchev–Trinajstić information content (AvgIpc) is 2.47. The lowest BCUT2D eigenvalue weighted by atomic mass is 10.00. The van der Waals surface area contributed by atoms with E-state index in [1.807, 2.05) is 38.2 Å². The van der Waals surface area contributed by atoms with Crippen LogP contribution in [0.2, 0.25) is 0 Å². The summed E-state index contributed by atoms with van der Waals surface area (Å²) in [5, 5.41) is 3.51. The smallest absolute Gasteiger partial charge is 0.119 e. The SMILES string of the molecule is CCNC(c1ccc(OCC)cc1)c1ccc(C)nc1. The van der Waals surface area contributed by atoms with Gasteiger partial charge in [-0.25, -0.2) is 0 Å². The van der Waals surface area contributed by atoms with Gasteiger partial charge < -0.3 is 10.1 Å². The summed E-state index contributed by atoms with van der Waals surface area (Å²) < 4.78 is 5.49. The molecule has 1 N–H and O–H groups in total. The number of benzene rings is 1. The maximum Gasteiger partial charge on any atom is 0.119 e. The number of nitrogens with one attached hydrogen (secondary N) is 1. The average molecular weight is 270 g/mol. The van der Waals surface area contributed by atoms with Crippen molar-refractivity contribution in [3.63, 3.8) is 0 Å². The summed E-state index contributed by atoms with van der Waals surface area (Å²) in [6, 6.07) is 12.6. The molecule has 3 nitrogen and oxygen atoms in total. The van der Waals surface area contributed by atoms with Crippen LogP contribution in [-0.4, -0.2) is 18.1 Å². The number of aryl methyl sites for hydroxylation is 1. The van der Waals surface area contributed by atoms with Gasteiger partial charge >= 0.3 is 0 Å². The van der Waals surface area contributed by atoms with Crippen LogP contribution in [0.3, 0.4) is 0 Å². The first kappa shape index (κ1) is 14.5. The minimum Gasteiger partial charge on any atom is -0.494 e. The highest BCUT2D eigenvalue weighted by Gasteiger charge is 2.13. The lowest BCUT2D eigenvalue weighted by Crippen LogP contribution is -2.22. The Morgan fingerprint density at radius 1 is 1.05 bits per heavy atom. The zero-order valence-corrected chi connectivity index (χ0v) is 12.4. The minimum absolute atomic E-state index is 0.170. The van der Waals surface area contributed by atoms with Gasteiger partial charge in [0.15, 0.2) is 0 Å². The molecule has 1 atom stereocenters. The maximum atomic E-state index is 5.49. The fourth-order valence-electron chi connectivity index (χ4n) is 2.21. The van der Waals surface area contributed by atoms with Gasteiger partial charge in [-0.2, -0.15) is 0 Å². The molecule has 0 radical (unpaired) electrons. The van der Waals surface area contributed by atoms with Crippen LogP contribution in [-0.2, 0) is 0 Å². The van der Waals surface area contributed by atoms with Gasteiger partial charge in [-0.05, 0) is 49.7 Å². The Labute approximate surface area is 121 Å². The quantitative estimate of drug-likeness (QED) is 0.872. The molecule has 1 heterocycles. The lowest BCUT2D eigenvalue weighted by Gasteiger charge is -2.19. The number of hydrogen-bond donors (Lipinski definition) is 1. The fraction of sp³-hybridized carbons (Fsp3) is 0.353. The third-order valence-electron chi connectivity index (χ3n) is 3.20. The van der Waals surface area contributed by atoms with Gasteiger partial charge in [0.2, 0.25) is 0 Å². The van der Waals surface area contributed by atoms with E-state index in [0.717, 1.165) is 18.0 Å². The van der Waals surface area contributed by atoms with Crippen LogP contribution < -0.4 is 10.1 Å². The minimum atomic E-state index is 0.170. The normalized spacial score (nSPS) is 12.2. The summed E-state index contributed by atoms with van der Waals surface area (Å²) in [4.78, 5) is 4.39. The second kappa shape index (κ2) is 7.06. The molecule has 3 heteroatoms. The molecule has 2 aromatic rings. The molecule has 1 aromatic heterocycles. The second-order valence-corrected chi connectivity index (χ2v) is 4.73. The highest BCUT2D eigenvalue weighted by Crippen LogP contribution is 2.23. The number of aromatic nitrogens is 1. The molecule has 0 aliphatic heterocycles. The van der Waals surface area contributed by atoms with Crippen LogP contribution in [0, 0.1) is 6.92 Å². The zero-order chi connectivity index (χ0) is 14.4. The van der Waals surface area contributed by atoms with Crippen LogP contribution in [0.4, 0.5) is 0 Å². The first-order chi connectivity index (χ1) is 9.74. The van der Waals surface area contributed by atoms with Crippen molar-refractivity contribution in [3.05, 3.63) is 59.4 Å². The van der Waals surface area contributed by atoms with Gasteiger partial charge in [-0.3, -0.25) is 4.98 Å². The summed E-state index contributed by atoms with van der Waals surface area (Å²) >= 11 is 0. The number of ether oxygens (including phenoxy) is 1. The molecule has 0 amide bonds. The van der Waals surface area contributed by atoms with Crippen LogP contribution in [0.15, 0.2) is 42.6 Å². The van der Waals surface area contributed by atoms with Crippen LogP contribution in [0.25, 0.3) is 0 Å². The Hall–Kier alpha value is -1.87. The highest BCUT2D eigenvalue weighted by molar-refractivity contribution is 5.35. The van der Waals surface area contributed by atoms with E-state index in [0.29, 0.717) is 6.61 Å². The van der Waals surface area contributed by atoms with Crippen molar-refractivity contribution >= 4 is 0 Å². The topological polar surface area (TPSA) is 34.1 Å². The summed E-state index contributed by atoms with van der Waals surface area (Å²) in [6.45, 7) is 7.71. The Kier molecular flexibility index (Phi) is 5.13. The monoisotopic (exact) mass is 270 g/mol. The molecule has 0 aliphatic carbocycles.